The SMILES string of the molecule is CCSc1ccccc1C(=O)N1CC(C)CC(C)C1. The largest absolute Gasteiger partial charge is 0.338 e. The zero-order valence-corrected chi connectivity index (χ0v) is 12.9. The second kappa shape index (κ2) is 6.47. The number of thioether (sulfide) groups is 1. The van der Waals surface area contributed by atoms with Gasteiger partial charge in [-0.2, -0.15) is 0 Å². The minimum Gasteiger partial charge on any atom is -0.338 e. The summed E-state index contributed by atoms with van der Waals surface area (Å²) in [5, 5.41) is 0. The van der Waals surface area contributed by atoms with E-state index >= 15 is 0 Å². The van der Waals surface area contributed by atoms with Gasteiger partial charge in [-0.25, -0.2) is 0 Å². The molecule has 1 aliphatic rings. The Kier molecular flexibility index (Phi) is 4.92. The standard InChI is InChI=1S/C16H23NOS/c1-4-19-15-8-6-5-7-14(15)16(18)17-10-12(2)9-13(3)11-17/h5-8,12-13H,4,9-11H2,1-3H3. The summed E-state index contributed by atoms with van der Waals surface area (Å²) >= 11 is 1.75. The van der Waals surface area contributed by atoms with Crippen LogP contribution in [0.5, 0.6) is 0 Å². The molecule has 1 aromatic rings. The zero-order chi connectivity index (χ0) is 13.8. The minimum absolute atomic E-state index is 0.204. The van der Waals surface area contributed by atoms with E-state index in [1.807, 2.05) is 23.1 Å². The van der Waals surface area contributed by atoms with E-state index in [0.717, 1.165) is 29.3 Å². The molecule has 1 aromatic carbocycles. The van der Waals surface area contributed by atoms with Crippen LogP contribution in [0.4, 0.5) is 0 Å². The fourth-order valence-electron chi connectivity index (χ4n) is 2.92. The number of hydrogen-bond acceptors (Lipinski definition) is 2. The van der Waals surface area contributed by atoms with Crippen molar-refractivity contribution in [3.05, 3.63) is 29.8 Å². The highest BCUT2D eigenvalue weighted by Crippen LogP contribution is 2.27. The van der Waals surface area contributed by atoms with Gasteiger partial charge in [0.2, 0.25) is 0 Å². The van der Waals surface area contributed by atoms with E-state index in [4.69, 9.17) is 0 Å². The number of benzene rings is 1. The van der Waals surface area contributed by atoms with Gasteiger partial charge in [0, 0.05) is 18.0 Å². The monoisotopic (exact) mass is 277 g/mol. The smallest absolute Gasteiger partial charge is 0.255 e. The third-order valence-corrected chi connectivity index (χ3v) is 4.53. The van der Waals surface area contributed by atoms with Crippen LogP contribution in [0.3, 0.4) is 0 Å². The summed E-state index contributed by atoms with van der Waals surface area (Å²) in [5.41, 5.74) is 0.871. The summed E-state index contributed by atoms with van der Waals surface area (Å²) in [6.07, 6.45) is 1.23. The van der Waals surface area contributed by atoms with Gasteiger partial charge < -0.3 is 4.90 Å². The van der Waals surface area contributed by atoms with Crippen molar-refractivity contribution in [2.24, 2.45) is 11.8 Å². The van der Waals surface area contributed by atoms with Crippen LogP contribution in [-0.4, -0.2) is 29.6 Å². The number of amides is 1. The molecule has 0 aromatic heterocycles. The fraction of sp³-hybridized carbons (Fsp3) is 0.562. The lowest BCUT2D eigenvalue weighted by atomic mass is 9.91. The van der Waals surface area contributed by atoms with E-state index in [0.29, 0.717) is 11.8 Å². The Bertz CT molecular complexity index is 436. The first-order valence-electron chi connectivity index (χ1n) is 7.13. The van der Waals surface area contributed by atoms with Crippen molar-refractivity contribution in [1.82, 2.24) is 4.90 Å². The molecule has 3 heteroatoms. The lowest BCUT2D eigenvalue weighted by Crippen LogP contribution is -2.42. The molecule has 19 heavy (non-hydrogen) atoms. The molecule has 1 aliphatic heterocycles. The van der Waals surface area contributed by atoms with E-state index in [9.17, 15) is 4.79 Å². The molecule has 0 saturated carbocycles. The summed E-state index contributed by atoms with van der Waals surface area (Å²) in [7, 11) is 0. The summed E-state index contributed by atoms with van der Waals surface area (Å²) in [6.45, 7) is 8.39. The number of nitrogens with zero attached hydrogens (tertiary/aromatic N) is 1. The van der Waals surface area contributed by atoms with Crippen LogP contribution in [0.2, 0.25) is 0 Å². The molecule has 1 amide bonds. The molecule has 0 bridgehead atoms. The summed E-state index contributed by atoms with van der Waals surface area (Å²) in [4.78, 5) is 15.8. The average molecular weight is 277 g/mol. The van der Waals surface area contributed by atoms with Crippen LogP contribution in [0.15, 0.2) is 29.2 Å². The highest BCUT2D eigenvalue weighted by molar-refractivity contribution is 7.99. The van der Waals surface area contributed by atoms with Crippen LogP contribution in [0.1, 0.15) is 37.6 Å². The maximum absolute atomic E-state index is 12.7. The van der Waals surface area contributed by atoms with Crippen LogP contribution < -0.4 is 0 Å². The van der Waals surface area contributed by atoms with Gasteiger partial charge in [-0.05, 0) is 36.1 Å². The third-order valence-electron chi connectivity index (χ3n) is 3.57. The lowest BCUT2D eigenvalue weighted by Gasteiger charge is -2.35. The Morgan fingerprint density at radius 2 is 1.89 bits per heavy atom. The summed E-state index contributed by atoms with van der Waals surface area (Å²) in [5.74, 6) is 2.42. The van der Waals surface area contributed by atoms with Crippen molar-refractivity contribution in [2.45, 2.75) is 32.1 Å². The Balaban J connectivity index is 2.19. The van der Waals surface area contributed by atoms with Crippen molar-refractivity contribution in [2.75, 3.05) is 18.8 Å². The Hall–Kier alpha value is -0.960. The van der Waals surface area contributed by atoms with Gasteiger partial charge in [0.15, 0.2) is 0 Å². The highest BCUT2D eigenvalue weighted by atomic mass is 32.2. The molecule has 0 aliphatic carbocycles. The summed E-state index contributed by atoms with van der Waals surface area (Å²) in [6, 6.07) is 7.99. The van der Waals surface area contributed by atoms with Gasteiger partial charge >= 0.3 is 0 Å². The van der Waals surface area contributed by atoms with E-state index in [2.05, 4.69) is 26.8 Å². The second-order valence-corrected chi connectivity index (χ2v) is 6.89. The maximum atomic E-state index is 12.7. The van der Waals surface area contributed by atoms with Gasteiger partial charge in [0.25, 0.3) is 5.91 Å². The van der Waals surface area contributed by atoms with Crippen LogP contribution in [0.25, 0.3) is 0 Å². The quantitative estimate of drug-likeness (QED) is 0.781. The molecule has 1 fully saturated rings. The Morgan fingerprint density at radius 1 is 1.26 bits per heavy atom. The third kappa shape index (κ3) is 3.53. The molecule has 0 N–H and O–H groups in total. The number of piperidine rings is 1. The van der Waals surface area contributed by atoms with E-state index in [-0.39, 0.29) is 5.91 Å². The molecule has 1 saturated heterocycles. The molecular weight excluding hydrogens is 254 g/mol. The number of carbonyl (C=O) groups is 1. The molecule has 2 unspecified atom stereocenters. The number of likely N-dealkylation sites (tertiary alicyclic amines) is 1. The molecule has 0 radical (unpaired) electrons. The normalized spacial score (nSPS) is 23.4. The molecular formula is C16H23NOS. The number of rotatable bonds is 3. The van der Waals surface area contributed by atoms with Crippen molar-refractivity contribution < 1.29 is 4.79 Å². The van der Waals surface area contributed by atoms with Gasteiger partial charge in [-0.1, -0.05) is 32.9 Å². The van der Waals surface area contributed by atoms with E-state index in [1.54, 1.807) is 11.8 Å². The average Bonchev–Trinajstić information content (AvgIpc) is 2.38. The molecule has 2 nitrogen and oxygen atoms in total. The predicted octanol–water partition coefficient (Wildman–Crippen LogP) is 3.92. The number of carbonyl (C=O) groups excluding carboxylic acids is 1. The molecule has 2 rings (SSSR count). The van der Waals surface area contributed by atoms with Crippen molar-refractivity contribution in [3.8, 4) is 0 Å². The van der Waals surface area contributed by atoms with E-state index < -0.39 is 0 Å². The van der Waals surface area contributed by atoms with Gasteiger partial charge in [0.05, 0.1) is 5.56 Å². The highest BCUT2D eigenvalue weighted by Gasteiger charge is 2.27. The molecule has 2 atom stereocenters. The molecule has 104 valence electrons. The fourth-order valence-corrected chi connectivity index (χ4v) is 3.72. The van der Waals surface area contributed by atoms with Crippen LogP contribution in [-0.2, 0) is 0 Å². The number of hydrogen-bond donors (Lipinski definition) is 0. The van der Waals surface area contributed by atoms with Gasteiger partial charge in [-0.3, -0.25) is 4.79 Å². The van der Waals surface area contributed by atoms with Crippen molar-refractivity contribution in [3.63, 3.8) is 0 Å². The van der Waals surface area contributed by atoms with E-state index in [1.165, 1.54) is 6.42 Å². The van der Waals surface area contributed by atoms with Crippen molar-refractivity contribution in [1.29, 1.82) is 0 Å². The van der Waals surface area contributed by atoms with Crippen molar-refractivity contribution >= 4 is 17.7 Å². The second-order valence-electron chi connectivity index (χ2n) is 5.59. The maximum Gasteiger partial charge on any atom is 0.255 e. The molecule has 0 spiro atoms. The first-order chi connectivity index (χ1) is 9.11. The molecule has 1 heterocycles. The minimum atomic E-state index is 0.204. The van der Waals surface area contributed by atoms with Crippen LogP contribution >= 0.6 is 11.8 Å². The Labute approximate surface area is 120 Å². The zero-order valence-electron chi connectivity index (χ0n) is 12.1. The Morgan fingerprint density at radius 3 is 2.53 bits per heavy atom. The van der Waals surface area contributed by atoms with Gasteiger partial charge in [0.1, 0.15) is 0 Å². The lowest BCUT2D eigenvalue weighted by molar-refractivity contribution is 0.0619. The predicted molar refractivity (Wildman–Crippen MR) is 81.7 cm³/mol. The first kappa shape index (κ1) is 14.4. The van der Waals surface area contributed by atoms with Crippen LogP contribution in [0, 0.1) is 11.8 Å². The summed E-state index contributed by atoms with van der Waals surface area (Å²) < 4.78 is 0. The topological polar surface area (TPSA) is 20.3 Å². The van der Waals surface area contributed by atoms with Gasteiger partial charge in [-0.15, -0.1) is 11.8 Å². The first-order valence-corrected chi connectivity index (χ1v) is 8.11.